The molecule has 20 heavy (non-hydrogen) atoms. The molecule has 1 aliphatic carbocycles. The molecule has 3 nitrogen and oxygen atoms in total. The lowest BCUT2D eigenvalue weighted by molar-refractivity contribution is -0.0360. The highest BCUT2D eigenvalue weighted by molar-refractivity contribution is 5.44. The first-order valence-corrected chi connectivity index (χ1v) is 7.34. The Labute approximate surface area is 119 Å². The van der Waals surface area contributed by atoms with Crippen LogP contribution in [0, 0.1) is 5.82 Å². The van der Waals surface area contributed by atoms with Gasteiger partial charge in [0.25, 0.3) is 0 Å². The maximum absolute atomic E-state index is 14.4. The Morgan fingerprint density at radius 3 is 2.65 bits per heavy atom. The molecule has 0 unspecified atom stereocenters. The van der Waals surface area contributed by atoms with Gasteiger partial charge in [-0.3, -0.25) is 0 Å². The van der Waals surface area contributed by atoms with Crippen molar-refractivity contribution in [3.8, 4) is 5.75 Å². The maximum Gasteiger partial charge on any atom is 0.165 e. The highest BCUT2D eigenvalue weighted by Crippen LogP contribution is 2.49. The lowest BCUT2D eigenvalue weighted by Gasteiger charge is -2.47. The largest absolute Gasteiger partial charge is 0.484 e. The van der Waals surface area contributed by atoms with Crippen molar-refractivity contribution in [3.05, 3.63) is 29.1 Å². The zero-order chi connectivity index (χ0) is 14.5. The molecular formula is C16H23FN2O. The third-order valence-corrected chi connectivity index (χ3v) is 4.37. The molecule has 1 heterocycles. The number of hydrogen-bond donors (Lipinski definition) is 2. The predicted molar refractivity (Wildman–Crippen MR) is 77.1 cm³/mol. The number of halogens is 1. The molecule has 1 aromatic rings. The second kappa shape index (κ2) is 4.43. The fourth-order valence-electron chi connectivity index (χ4n) is 3.33. The second-order valence-electron chi connectivity index (χ2n) is 7.11. The number of ether oxygens (including phenoxy) is 1. The summed E-state index contributed by atoms with van der Waals surface area (Å²) < 4.78 is 20.3. The summed E-state index contributed by atoms with van der Waals surface area (Å²) in [6.45, 7) is 3.87. The Kier molecular flexibility index (Phi) is 3.07. The number of nitrogens with two attached hydrogens (primary N) is 2. The van der Waals surface area contributed by atoms with Crippen LogP contribution in [0.2, 0.25) is 0 Å². The van der Waals surface area contributed by atoms with E-state index in [4.69, 9.17) is 16.2 Å². The predicted octanol–water partition coefficient (Wildman–Crippen LogP) is 2.81. The first kappa shape index (κ1) is 13.8. The monoisotopic (exact) mass is 278 g/mol. The van der Waals surface area contributed by atoms with Crippen molar-refractivity contribution in [1.82, 2.24) is 0 Å². The van der Waals surface area contributed by atoms with Crippen LogP contribution in [-0.2, 0) is 6.42 Å². The molecule has 110 valence electrons. The van der Waals surface area contributed by atoms with E-state index in [1.807, 2.05) is 19.9 Å². The minimum Gasteiger partial charge on any atom is -0.484 e. The van der Waals surface area contributed by atoms with E-state index in [1.54, 1.807) is 0 Å². The Morgan fingerprint density at radius 1 is 1.40 bits per heavy atom. The SMILES string of the molecule is CC(C)(N)Cc1cc(F)c2c(c1)[C@@H](N)CC1(CCC1)O2. The summed E-state index contributed by atoms with van der Waals surface area (Å²) in [5, 5.41) is 0. The van der Waals surface area contributed by atoms with Gasteiger partial charge in [-0.15, -0.1) is 0 Å². The van der Waals surface area contributed by atoms with Crippen LogP contribution in [0.5, 0.6) is 5.75 Å². The molecule has 2 aliphatic rings. The van der Waals surface area contributed by atoms with Crippen LogP contribution in [0.4, 0.5) is 4.39 Å². The number of hydrogen-bond acceptors (Lipinski definition) is 3. The van der Waals surface area contributed by atoms with Crippen molar-refractivity contribution in [2.75, 3.05) is 0 Å². The fourth-order valence-corrected chi connectivity index (χ4v) is 3.33. The lowest BCUT2D eigenvalue weighted by Crippen LogP contribution is -2.48. The molecule has 3 rings (SSSR count). The van der Waals surface area contributed by atoms with Crippen molar-refractivity contribution in [1.29, 1.82) is 0 Å². The second-order valence-corrected chi connectivity index (χ2v) is 7.11. The molecule has 0 aromatic heterocycles. The highest BCUT2D eigenvalue weighted by atomic mass is 19.1. The Morgan fingerprint density at radius 2 is 2.10 bits per heavy atom. The van der Waals surface area contributed by atoms with Gasteiger partial charge in [-0.2, -0.15) is 0 Å². The number of rotatable bonds is 2. The van der Waals surface area contributed by atoms with Crippen LogP contribution in [0.15, 0.2) is 12.1 Å². The summed E-state index contributed by atoms with van der Waals surface area (Å²) in [6.07, 6.45) is 4.52. The average Bonchev–Trinajstić information content (AvgIpc) is 2.26. The summed E-state index contributed by atoms with van der Waals surface area (Å²) >= 11 is 0. The van der Waals surface area contributed by atoms with Gasteiger partial charge in [0.15, 0.2) is 11.6 Å². The zero-order valence-corrected chi connectivity index (χ0v) is 12.2. The van der Waals surface area contributed by atoms with E-state index in [2.05, 4.69) is 0 Å². The van der Waals surface area contributed by atoms with Gasteiger partial charge in [-0.25, -0.2) is 4.39 Å². The van der Waals surface area contributed by atoms with E-state index in [9.17, 15) is 4.39 Å². The molecule has 4 N–H and O–H groups in total. The van der Waals surface area contributed by atoms with Crippen molar-refractivity contribution >= 4 is 0 Å². The standard InChI is InChI=1S/C16H23FN2O/c1-15(2,19)8-10-6-11-13(18)9-16(4-3-5-16)20-14(11)12(17)7-10/h6-7,13H,3-5,8-9,18-19H2,1-2H3/t13-/m0/s1. The minimum atomic E-state index is -0.366. The zero-order valence-electron chi connectivity index (χ0n) is 12.2. The summed E-state index contributed by atoms with van der Waals surface area (Å²) in [7, 11) is 0. The quantitative estimate of drug-likeness (QED) is 0.874. The van der Waals surface area contributed by atoms with E-state index in [1.165, 1.54) is 6.07 Å². The summed E-state index contributed by atoms with van der Waals surface area (Å²) in [5.74, 6) is 0.0604. The molecule has 4 heteroatoms. The molecule has 0 saturated heterocycles. The van der Waals surface area contributed by atoms with Crippen LogP contribution >= 0.6 is 0 Å². The van der Waals surface area contributed by atoms with Gasteiger partial charge in [0, 0.05) is 23.6 Å². The van der Waals surface area contributed by atoms with E-state index in [0.29, 0.717) is 12.2 Å². The van der Waals surface area contributed by atoms with E-state index in [-0.39, 0.29) is 23.0 Å². The van der Waals surface area contributed by atoms with Gasteiger partial charge in [-0.1, -0.05) is 6.07 Å². The van der Waals surface area contributed by atoms with Crippen LogP contribution < -0.4 is 16.2 Å². The van der Waals surface area contributed by atoms with Gasteiger partial charge in [0.2, 0.25) is 0 Å². The van der Waals surface area contributed by atoms with Gasteiger partial charge in [0.1, 0.15) is 5.60 Å². The van der Waals surface area contributed by atoms with Gasteiger partial charge < -0.3 is 16.2 Å². The maximum atomic E-state index is 14.4. The average molecular weight is 278 g/mol. The van der Waals surface area contributed by atoms with Crippen molar-refractivity contribution in [2.24, 2.45) is 11.5 Å². The van der Waals surface area contributed by atoms with Gasteiger partial charge in [0.05, 0.1) is 0 Å². The van der Waals surface area contributed by atoms with Crippen LogP contribution in [0.25, 0.3) is 0 Å². The topological polar surface area (TPSA) is 61.3 Å². The molecule has 1 atom stereocenters. The van der Waals surface area contributed by atoms with Crippen molar-refractivity contribution in [2.45, 2.75) is 63.1 Å². The number of fused-ring (bicyclic) bond motifs is 1. The van der Waals surface area contributed by atoms with Crippen LogP contribution in [0.1, 0.15) is 56.7 Å². The molecule has 0 amide bonds. The highest BCUT2D eigenvalue weighted by Gasteiger charge is 2.45. The Bertz CT molecular complexity index is 532. The van der Waals surface area contributed by atoms with Crippen LogP contribution in [-0.4, -0.2) is 11.1 Å². The van der Waals surface area contributed by atoms with E-state index >= 15 is 0 Å². The molecule has 0 bridgehead atoms. The smallest absolute Gasteiger partial charge is 0.165 e. The van der Waals surface area contributed by atoms with Crippen LogP contribution in [0.3, 0.4) is 0 Å². The lowest BCUT2D eigenvalue weighted by atomic mass is 9.73. The molecule has 0 radical (unpaired) electrons. The van der Waals surface area contributed by atoms with Gasteiger partial charge in [-0.05, 0) is 51.2 Å². The third kappa shape index (κ3) is 2.42. The van der Waals surface area contributed by atoms with Crippen molar-refractivity contribution in [3.63, 3.8) is 0 Å². The molecule has 1 aliphatic heterocycles. The van der Waals surface area contributed by atoms with E-state index in [0.717, 1.165) is 36.8 Å². The molecule has 1 fully saturated rings. The number of benzene rings is 1. The summed E-state index contributed by atoms with van der Waals surface area (Å²) in [4.78, 5) is 0. The summed E-state index contributed by atoms with van der Waals surface area (Å²) in [5.41, 5.74) is 13.4. The molecule has 1 aromatic carbocycles. The normalized spacial score (nSPS) is 23.9. The Hall–Kier alpha value is -1.13. The summed E-state index contributed by atoms with van der Waals surface area (Å²) in [6, 6.07) is 3.36. The van der Waals surface area contributed by atoms with E-state index < -0.39 is 0 Å². The minimum absolute atomic E-state index is 0.144. The first-order chi connectivity index (χ1) is 9.28. The third-order valence-electron chi connectivity index (χ3n) is 4.37. The molecular weight excluding hydrogens is 255 g/mol. The molecule has 1 saturated carbocycles. The molecule has 1 spiro atoms. The van der Waals surface area contributed by atoms with Crippen molar-refractivity contribution < 1.29 is 9.13 Å². The first-order valence-electron chi connectivity index (χ1n) is 7.34. The van der Waals surface area contributed by atoms with Gasteiger partial charge >= 0.3 is 0 Å². The fraction of sp³-hybridized carbons (Fsp3) is 0.625. The Balaban J connectivity index is 1.96.